The maximum Gasteiger partial charge on any atom is 0.464 e. The highest BCUT2D eigenvalue weighted by Gasteiger charge is 2.64. The standard InChI is InChI=1S/C5H2F6O2.C4H2F4O2/c6-2(7)3-12-1-4(8,13-3)5(9,10)11;5-2(6)3-9-1-4(7,8)10-3/h1H2;1H2. The SMILES string of the molecule is FC(F)=C1OCC(F)(C(F)(F)F)O1.FC(F)=C1OCC(F)(F)O1. The molecule has 0 bridgehead atoms. The molecule has 2 fully saturated rings. The van der Waals surface area contributed by atoms with Gasteiger partial charge in [-0.15, -0.1) is 0 Å². The fourth-order valence-electron chi connectivity index (χ4n) is 1.03. The van der Waals surface area contributed by atoms with Crippen molar-refractivity contribution in [3.8, 4) is 0 Å². The van der Waals surface area contributed by atoms with Gasteiger partial charge in [0, 0.05) is 0 Å². The number of halogens is 10. The van der Waals surface area contributed by atoms with Crippen LogP contribution >= 0.6 is 0 Å². The third-order valence-electron chi connectivity index (χ3n) is 1.99. The first kappa shape index (κ1) is 19.0. The number of ether oxygens (including phenoxy) is 4. The van der Waals surface area contributed by atoms with Gasteiger partial charge < -0.3 is 18.9 Å². The normalized spacial score (nSPS) is 25.5. The van der Waals surface area contributed by atoms with Crippen molar-refractivity contribution in [2.75, 3.05) is 13.2 Å². The second-order valence-corrected chi connectivity index (χ2v) is 3.74. The van der Waals surface area contributed by atoms with Crippen molar-refractivity contribution in [1.29, 1.82) is 0 Å². The van der Waals surface area contributed by atoms with Crippen molar-refractivity contribution in [2.24, 2.45) is 0 Å². The molecular weight excluding hydrogens is 362 g/mol. The first-order chi connectivity index (χ1) is 10.3. The topological polar surface area (TPSA) is 36.9 Å². The summed E-state index contributed by atoms with van der Waals surface area (Å²) in [5.74, 6) is -7.28. The minimum atomic E-state index is -5.40. The Morgan fingerprint density at radius 3 is 1.43 bits per heavy atom. The van der Waals surface area contributed by atoms with Crippen LogP contribution in [0.25, 0.3) is 0 Å². The number of alkyl halides is 6. The van der Waals surface area contributed by atoms with Crippen LogP contribution in [0.2, 0.25) is 0 Å². The third-order valence-corrected chi connectivity index (χ3v) is 1.99. The summed E-state index contributed by atoms with van der Waals surface area (Å²) >= 11 is 0. The molecule has 0 amide bonds. The van der Waals surface area contributed by atoms with E-state index >= 15 is 0 Å². The summed E-state index contributed by atoms with van der Waals surface area (Å²) < 4.78 is 131. The molecule has 1 atom stereocenters. The van der Waals surface area contributed by atoms with Gasteiger partial charge in [0.15, 0.2) is 13.2 Å². The molecule has 4 nitrogen and oxygen atoms in total. The monoisotopic (exact) mass is 366 g/mol. The molecule has 2 aliphatic rings. The van der Waals surface area contributed by atoms with Gasteiger partial charge in [0.05, 0.1) is 0 Å². The maximum absolute atomic E-state index is 12.6. The molecule has 0 spiro atoms. The first-order valence-corrected chi connectivity index (χ1v) is 5.15. The van der Waals surface area contributed by atoms with Gasteiger partial charge in [-0.2, -0.15) is 43.9 Å². The first-order valence-electron chi connectivity index (χ1n) is 5.15. The summed E-state index contributed by atoms with van der Waals surface area (Å²) in [5, 5.41) is 0. The molecule has 23 heavy (non-hydrogen) atoms. The zero-order valence-electron chi connectivity index (χ0n) is 10.3. The second-order valence-electron chi connectivity index (χ2n) is 3.74. The van der Waals surface area contributed by atoms with Crippen LogP contribution < -0.4 is 0 Å². The predicted molar refractivity (Wildman–Crippen MR) is 47.4 cm³/mol. The van der Waals surface area contributed by atoms with Crippen molar-refractivity contribution < 1.29 is 62.9 Å². The molecule has 0 aromatic carbocycles. The summed E-state index contributed by atoms with van der Waals surface area (Å²) in [5.41, 5.74) is 0. The van der Waals surface area contributed by atoms with Gasteiger partial charge in [0.25, 0.3) is 0 Å². The van der Waals surface area contributed by atoms with Gasteiger partial charge >= 0.3 is 42.2 Å². The van der Waals surface area contributed by atoms with E-state index in [2.05, 4.69) is 18.9 Å². The van der Waals surface area contributed by atoms with Crippen LogP contribution in [-0.2, 0) is 18.9 Å². The third kappa shape index (κ3) is 4.72. The summed E-state index contributed by atoms with van der Waals surface area (Å²) in [6.45, 7) is -2.77. The van der Waals surface area contributed by atoms with Crippen LogP contribution in [0.15, 0.2) is 24.1 Å². The Hall–Kier alpha value is -2.02. The molecule has 0 aliphatic carbocycles. The van der Waals surface area contributed by atoms with Gasteiger partial charge in [0.1, 0.15) is 0 Å². The van der Waals surface area contributed by atoms with Gasteiger partial charge in [-0.1, -0.05) is 0 Å². The summed E-state index contributed by atoms with van der Waals surface area (Å²) in [7, 11) is 0. The van der Waals surface area contributed by atoms with E-state index in [1.54, 1.807) is 0 Å². The van der Waals surface area contributed by atoms with Crippen molar-refractivity contribution in [1.82, 2.24) is 0 Å². The fraction of sp³-hybridized carbons (Fsp3) is 0.556. The van der Waals surface area contributed by atoms with Gasteiger partial charge in [0.2, 0.25) is 0 Å². The summed E-state index contributed by atoms with van der Waals surface area (Å²) in [4.78, 5) is 0. The van der Waals surface area contributed by atoms with Crippen molar-refractivity contribution in [2.45, 2.75) is 18.1 Å². The molecular formula is C9H4F10O4. The van der Waals surface area contributed by atoms with Crippen LogP contribution in [0.5, 0.6) is 0 Å². The van der Waals surface area contributed by atoms with E-state index in [0.29, 0.717) is 0 Å². The largest absolute Gasteiger partial charge is 0.464 e. The molecule has 0 aromatic rings. The minimum Gasteiger partial charge on any atom is -0.454 e. The molecule has 0 aromatic heterocycles. The van der Waals surface area contributed by atoms with Gasteiger partial charge in [-0.05, 0) is 0 Å². The highest BCUT2D eigenvalue weighted by atomic mass is 19.4. The lowest BCUT2D eigenvalue weighted by Crippen LogP contribution is -2.42. The Bertz CT molecular complexity index is 505. The quantitative estimate of drug-likeness (QED) is 0.607. The lowest BCUT2D eigenvalue weighted by atomic mass is 10.3. The maximum atomic E-state index is 12.6. The molecule has 2 heterocycles. The van der Waals surface area contributed by atoms with E-state index in [1.807, 2.05) is 0 Å². The molecule has 0 saturated carbocycles. The predicted octanol–water partition coefficient (Wildman–Crippen LogP) is 4.02. The molecule has 0 N–H and O–H groups in total. The van der Waals surface area contributed by atoms with Crippen LogP contribution in [0.1, 0.15) is 0 Å². The average molecular weight is 366 g/mol. The van der Waals surface area contributed by atoms with Crippen LogP contribution in [0, 0.1) is 0 Å². The molecule has 2 aliphatic heterocycles. The smallest absolute Gasteiger partial charge is 0.454 e. The summed E-state index contributed by atoms with van der Waals surface area (Å²) in [6.07, 6.45) is -14.0. The van der Waals surface area contributed by atoms with Crippen LogP contribution in [0.4, 0.5) is 43.9 Å². The fourth-order valence-corrected chi connectivity index (χ4v) is 1.03. The van der Waals surface area contributed by atoms with Gasteiger partial charge in [-0.3, -0.25) is 0 Å². The second kappa shape index (κ2) is 6.23. The van der Waals surface area contributed by atoms with E-state index in [0.717, 1.165) is 0 Å². The molecule has 14 heteroatoms. The Morgan fingerprint density at radius 1 is 0.783 bits per heavy atom. The number of rotatable bonds is 0. The Labute approximate surface area is 119 Å². The van der Waals surface area contributed by atoms with E-state index in [4.69, 9.17) is 0 Å². The lowest BCUT2D eigenvalue weighted by molar-refractivity contribution is -0.304. The van der Waals surface area contributed by atoms with Crippen molar-refractivity contribution >= 4 is 0 Å². The van der Waals surface area contributed by atoms with Crippen LogP contribution in [0.3, 0.4) is 0 Å². The van der Waals surface area contributed by atoms with E-state index < -0.39 is 55.4 Å². The summed E-state index contributed by atoms with van der Waals surface area (Å²) in [6, 6.07) is 0. The molecule has 1 unspecified atom stereocenters. The molecule has 0 radical (unpaired) electrons. The van der Waals surface area contributed by atoms with E-state index in [9.17, 15) is 43.9 Å². The number of hydrogen-bond acceptors (Lipinski definition) is 4. The highest BCUT2D eigenvalue weighted by molar-refractivity contribution is 4.95. The zero-order valence-corrected chi connectivity index (χ0v) is 10.3. The van der Waals surface area contributed by atoms with Crippen LogP contribution in [-0.4, -0.2) is 31.4 Å². The number of hydrogen-bond donors (Lipinski definition) is 0. The Kier molecular flexibility index (Phi) is 5.16. The minimum absolute atomic E-state index is 1.15. The van der Waals surface area contributed by atoms with Crippen molar-refractivity contribution in [3.63, 3.8) is 0 Å². The Balaban J connectivity index is 0.000000238. The van der Waals surface area contributed by atoms with E-state index in [1.165, 1.54) is 0 Å². The van der Waals surface area contributed by atoms with Crippen molar-refractivity contribution in [3.05, 3.63) is 24.1 Å². The Morgan fingerprint density at radius 2 is 1.22 bits per heavy atom. The van der Waals surface area contributed by atoms with Gasteiger partial charge in [-0.25, -0.2) is 0 Å². The molecule has 134 valence electrons. The lowest BCUT2D eigenvalue weighted by Gasteiger charge is -2.18. The zero-order chi connectivity index (χ0) is 18.1. The average Bonchev–Trinajstić information content (AvgIpc) is 2.93. The molecule has 2 saturated heterocycles. The highest BCUT2D eigenvalue weighted by Crippen LogP contribution is 2.42. The van der Waals surface area contributed by atoms with E-state index in [-0.39, 0.29) is 0 Å². The molecule has 2 rings (SSSR count).